The number of carbonyl (C=O) groups excluding carboxylic acids is 1. The van der Waals surface area contributed by atoms with E-state index in [1.54, 1.807) is 18.2 Å². The maximum Gasteiger partial charge on any atom is 0.336 e. The van der Waals surface area contributed by atoms with E-state index in [0.717, 1.165) is 0 Å². The Balaban J connectivity index is 1.91. The van der Waals surface area contributed by atoms with E-state index < -0.39 is 10.9 Å². The van der Waals surface area contributed by atoms with Crippen LogP contribution in [0.15, 0.2) is 58.3 Å². The highest BCUT2D eigenvalue weighted by Crippen LogP contribution is 2.26. The highest BCUT2D eigenvalue weighted by molar-refractivity contribution is 5.89. The average Bonchev–Trinajstić information content (AvgIpc) is 2.98. The van der Waals surface area contributed by atoms with Gasteiger partial charge in [-0.15, -0.1) is 10.2 Å². The minimum absolute atomic E-state index is 0.121. The Bertz CT molecular complexity index is 620. The number of carbonyl (C=O) groups is 1. The molecule has 1 aliphatic carbocycles. The molecule has 0 unspecified atom stereocenters. The predicted octanol–water partition coefficient (Wildman–Crippen LogP) is 3.07. The molecule has 0 aliphatic heterocycles. The van der Waals surface area contributed by atoms with Gasteiger partial charge in [0, 0.05) is 11.6 Å². The quantitative estimate of drug-likeness (QED) is 0.356. The van der Waals surface area contributed by atoms with E-state index in [1.165, 1.54) is 18.2 Å². The van der Waals surface area contributed by atoms with Gasteiger partial charge in [-0.3, -0.25) is 10.1 Å². The average molecular weight is 273 g/mol. The number of azo groups is 1. The highest BCUT2D eigenvalue weighted by atomic mass is 16.6. The van der Waals surface area contributed by atoms with Crippen LogP contribution in [-0.4, -0.2) is 17.6 Å². The lowest BCUT2D eigenvalue weighted by molar-refractivity contribution is -0.384. The lowest BCUT2D eigenvalue weighted by atomic mass is 10.2. The summed E-state index contributed by atoms with van der Waals surface area (Å²) >= 11 is 0. The number of esters is 1. The minimum atomic E-state index is -0.546. The van der Waals surface area contributed by atoms with Gasteiger partial charge in [-0.2, -0.15) is 0 Å². The first-order valence-corrected chi connectivity index (χ1v) is 5.82. The summed E-state index contributed by atoms with van der Waals surface area (Å²) in [5.41, 5.74) is 0.520. The fraction of sp³-hybridized carbons (Fsp3) is 0.154. The molecular weight excluding hydrogens is 262 g/mol. The van der Waals surface area contributed by atoms with Gasteiger partial charge in [0.1, 0.15) is 0 Å². The van der Waals surface area contributed by atoms with Crippen molar-refractivity contribution >= 4 is 17.3 Å². The molecule has 0 fully saturated rings. The van der Waals surface area contributed by atoms with Gasteiger partial charge in [0.15, 0.2) is 5.69 Å². The third kappa shape index (κ3) is 3.35. The first kappa shape index (κ1) is 13.6. The summed E-state index contributed by atoms with van der Waals surface area (Å²) in [7, 11) is 0. The van der Waals surface area contributed by atoms with E-state index in [-0.39, 0.29) is 18.1 Å². The smallest absolute Gasteiger partial charge is 0.336 e. The van der Waals surface area contributed by atoms with Crippen molar-refractivity contribution in [1.29, 1.82) is 0 Å². The van der Waals surface area contributed by atoms with Crippen molar-refractivity contribution in [3.8, 4) is 0 Å². The maximum absolute atomic E-state index is 11.5. The number of ether oxygens (including phenoxy) is 1. The Labute approximate surface area is 114 Å². The Morgan fingerprint density at radius 3 is 2.90 bits per heavy atom. The molecule has 0 aromatic heterocycles. The van der Waals surface area contributed by atoms with Gasteiger partial charge >= 0.3 is 5.97 Å². The summed E-state index contributed by atoms with van der Waals surface area (Å²) in [6.07, 6.45) is 5.82. The van der Waals surface area contributed by atoms with Gasteiger partial charge in [-0.05, 0) is 12.5 Å². The van der Waals surface area contributed by atoms with E-state index in [4.69, 9.17) is 4.74 Å². The number of para-hydroxylation sites is 1. The van der Waals surface area contributed by atoms with E-state index in [9.17, 15) is 14.9 Å². The number of allylic oxidation sites excluding steroid dienone is 3. The van der Waals surface area contributed by atoms with Gasteiger partial charge in [0.05, 0.1) is 4.92 Å². The second-order valence-electron chi connectivity index (χ2n) is 3.87. The zero-order valence-corrected chi connectivity index (χ0v) is 10.4. The van der Waals surface area contributed by atoms with Crippen LogP contribution in [0.2, 0.25) is 0 Å². The van der Waals surface area contributed by atoms with Crippen LogP contribution in [0.3, 0.4) is 0 Å². The van der Waals surface area contributed by atoms with Gasteiger partial charge in [-0.25, -0.2) is 4.79 Å². The van der Waals surface area contributed by atoms with Crippen LogP contribution in [0.5, 0.6) is 0 Å². The number of hydrogen-bond acceptors (Lipinski definition) is 6. The van der Waals surface area contributed by atoms with Crippen molar-refractivity contribution in [2.75, 3.05) is 6.73 Å². The number of rotatable bonds is 5. The SMILES string of the molecule is O=C(OCN=Nc1ccccc1[N+](=O)[O-])C1=CC=CC1. The first-order valence-electron chi connectivity index (χ1n) is 5.82. The lowest BCUT2D eigenvalue weighted by Gasteiger charge is -2.00. The maximum atomic E-state index is 11.5. The predicted molar refractivity (Wildman–Crippen MR) is 70.4 cm³/mol. The largest absolute Gasteiger partial charge is 0.437 e. The molecule has 0 bridgehead atoms. The molecule has 0 saturated heterocycles. The van der Waals surface area contributed by atoms with Crippen LogP contribution in [-0.2, 0) is 9.53 Å². The Hall–Kier alpha value is -2.83. The first-order chi connectivity index (χ1) is 9.68. The third-order valence-corrected chi connectivity index (χ3v) is 2.54. The zero-order valence-electron chi connectivity index (χ0n) is 10.4. The standard InChI is InChI=1S/C13H11N3O4/c17-13(10-5-1-2-6-10)20-9-14-15-11-7-3-4-8-12(11)16(18)19/h1-5,7-8H,6,9H2. The molecule has 20 heavy (non-hydrogen) atoms. The summed E-state index contributed by atoms with van der Waals surface area (Å²) in [6.45, 7) is -0.276. The monoisotopic (exact) mass is 273 g/mol. The van der Waals surface area contributed by atoms with Crippen LogP contribution < -0.4 is 0 Å². The van der Waals surface area contributed by atoms with Crippen LogP contribution >= 0.6 is 0 Å². The molecule has 0 N–H and O–H groups in total. The summed E-state index contributed by atoms with van der Waals surface area (Å²) in [5.74, 6) is -0.462. The molecule has 1 aliphatic rings. The Kier molecular flexibility index (Phi) is 4.33. The van der Waals surface area contributed by atoms with Crippen molar-refractivity contribution in [3.63, 3.8) is 0 Å². The molecule has 7 nitrogen and oxygen atoms in total. The second kappa shape index (κ2) is 6.37. The molecule has 0 spiro atoms. The molecular formula is C13H11N3O4. The topological polar surface area (TPSA) is 94.2 Å². The molecule has 102 valence electrons. The lowest BCUT2D eigenvalue weighted by Crippen LogP contribution is -2.06. The third-order valence-electron chi connectivity index (χ3n) is 2.54. The van der Waals surface area contributed by atoms with Crippen molar-refractivity contribution in [2.24, 2.45) is 10.2 Å². The molecule has 0 amide bonds. The summed E-state index contributed by atoms with van der Waals surface area (Å²) in [6, 6.07) is 5.95. The molecule has 0 radical (unpaired) electrons. The van der Waals surface area contributed by atoms with Crippen molar-refractivity contribution in [1.82, 2.24) is 0 Å². The number of nitro groups is 1. The number of nitrogens with zero attached hydrogens (tertiary/aromatic N) is 3. The van der Waals surface area contributed by atoms with Crippen LogP contribution in [0.25, 0.3) is 0 Å². The van der Waals surface area contributed by atoms with Gasteiger partial charge in [-0.1, -0.05) is 30.4 Å². The molecule has 1 aromatic carbocycles. The fourth-order valence-electron chi connectivity index (χ4n) is 1.59. The number of hydrogen-bond donors (Lipinski definition) is 0. The zero-order chi connectivity index (χ0) is 14.4. The van der Waals surface area contributed by atoms with Gasteiger partial charge in [0.25, 0.3) is 5.69 Å². The van der Waals surface area contributed by atoms with Crippen molar-refractivity contribution in [2.45, 2.75) is 6.42 Å². The summed E-state index contributed by atoms with van der Waals surface area (Å²) in [5, 5.41) is 18.1. The fourth-order valence-corrected chi connectivity index (χ4v) is 1.59. The number of nitro benzene ring substituents is 1. The van der Waals surface area contributed by atoms with Crippen molar-refractivity contribution < 1.29 is 14.5 Å². The molecule has 2 rings (SSSR count). The molecule has 0 saturated carbocycles. The van der Waals surface area contributed by atoms with Gasteiger partial charge < -0.3 is 4.74 Å². The van der Waals surface area contributed by atoms with E-state index in [2.05, 4.69) is 10.2 Å². The summed E-state index contributed by atoms with van der Waals surface area (Å²) < 4.78 is 4.87. The Morgan fingerprint density at radius 2 is 2.20 bits per heavy atom. The van der Waals surface area contributed by atoms with E-state index >= 15 is 0 Å². The van der Waals surface area contributed by atoms with Crippen LogP contribution in [0.4, 0.5) is 11.4 Å². The Morgan fingerprint density at radius 1 is 1.40 bits per heavy atom. The van der Waals surface area contributed by atoms with Gasteiger partial charge in [0.2, 0.25) is 6.73 Å². The summed E-state index contributed by atoms with van der Waals surface area (Å²) in [4.78, 5) is 21.7. The van der Waals surface area contributed by atoms with Crippen LogP contribution in [0, 0.1) is 10.1 Å². The molecule has 7 heteroatoms. The minimum Gasteiger partial charge on any atom is -0.437 e. The highest BCUT2D eigenvalue weighted by Gasteiger charge is 2.12. The molecule has 0 heterocycles. The second-order valence-corrected chi connectivity index (χ2v) is 3.87. The number of benzene rings is 1. The van der Waals surface area contributed by atoms with Crippen LogP contribution in [0.1, 0.15) is 6.42 Å². The normalized spacial score (nSPS) is 13.5. The molecule has 0 atom stereocenters. The van der Waals surface area contributed by atoms with Crippen molar-refractivity contribution in [3.05, 3.63) is 58.2 Å². The molecule has 1 aromatic rings. The van der Waals surface area contributed by atoms with E-state index in [0.29, 0.717) is 12.0 Å². The van der Waals surface area contributed by atoms with E-state index in [1.807, 2.05) is 6.08 Å².